The van der Waals surface area contributed by atoms with Gasteiger partial charge in [0.15, 0.2) is 6.61 Å². The number of amides is 5. The van der Waals surface area contributed by atoms with Crippen molar-refractivity contribution in [2.75, 3.05) is 16.8 Å². The number of imide groups is 2. The number of para-hydroxylation sites is 1. The van der Waals surface area contributed by atoms with E-state index in [0.717, 1.165) is 6.07 Å². The molecule has 0 unspecified atom stereocenters. The van der Waals surface area contributed by atoms with Crippen molar-refractivity contribution in [3.63, 3.8) is 0 Å². The Hall–Kier alpha value is -4.55. The second-order valence-electron chi connectivity index (χ2n) is 7.74. The van der Waals surface area contributed by atoms with E-state index in [4.69, 9.17) is 16.3 Å². The van der Waals surface area contributed by atoms with E-state index < -0.39 is 28.7 Å². The van der Waals surface area contributed by atoms with E-state index in [2.05, 4.69) is 26.6 Å². The summed E-state index contributed by atoms with van der Waals surface area (Å²) in [4.78, 5) is 61.1. The van der Waals surface area contributed by atoms with Gasteiger partial charge in [-0.2, -0.15) is 0 Å². The largest absolute Gasteiger partial charge is 0.483 e. The molecule has 0 aromatic heterocycles. The number of carbonyl (C=O) groups is 4. The highest BCUT2D eigenvalue weighted by Crippen LogP contribution is 2.29. The predicted octanol–water partition coefficient (Wildman–Crippen LogP) is 4.69. The summed E-state index contributed by atoms with van der Waals surface area (Å²) in [6, 6.07) is 15.2. The Morgan fingerprint density at radius 3 is 2.58 bits per heavy atom. The minimum absolute atomic E-state index is 0.0694. The minimum atomic E-state index is -1.03. The first-order valence-electron chi connectivity index (χ1n) is 10.8. The third-order valence-corrected chi connectivity index (χ3v) is 6.12. The number of nitrogens with one attached hydrogen (secondary N) is 2. The van der Waals surface area contributed by atoms with Crippen LogP contribution in [0.1, 0.15) is 5.56 Å². The number of carbonyl (C=O) groups excluding carboxylic acids is 4. The number of nitrogens with zero attached hydrogens (tertiary/aromatic N) is 2. The molecule has 1 aliphatic heterocycles. The average Bonchev–Trinajstić information content (AvgIpc) is 2.87. The van der Waals surface area contributed by atoms with Gasteiger partial charge in [-0.3, -0.25) is 29.8 Å². The molecule has 2 N–H and O–H groups in total. The lowest BCUT2D eigenvalue weighted by Gasteiger charge is -2.26. The van der Waals surface area contributed by atoms with Crippen molar-refractivity contribution in [1.82, 2.24) is 5.32 Å². The number of rotatable bonds is 7. The van der Waals surface area contributed by atoms with Crippen molar-refractivity contribution in [2.45, 2.75) is 0 Å². The molecule has 3 aromatic carbocycles. The first kappa shape index (κ1) is 26.5. The van der Waals surface area contributed by atoms with Gasteiger partial charge < -0.3 is 10.1 Å². The highest BCUT2D eigenvalue weighted by atomic mass is 79.9. The molecule has 1 fully saturated rings. The van der Waals surface area contributed by atoms with Crippen molar-refractivity contribution >= 4 is 74.4 Å². The SMILES string of the molecule is O=C(COc1ccc(/C=C2/C(=O)NC(=O)N(c3cccc([N+](=O)[O-])c3)C2=O)cc1Br)Nc1ccccc1Cl. The molecule has 11 nitrogen and oxygen atoms in total. The molecule has 5 amide bonds. The number of nitro groups is 1. The number of barbiturate groups is 1. The summed E-state index contributed by atoms with van der Waals surface area (Å²) < 4.78 is 5.96. The van der Waals surface area contributed by atoms with Crippen molar-refractivity contribution < 1.29 is 28.8 Å². The first-order chi connectivity index (χ1) is 18.1. The summed E-state index contributed by atoms with van der Waals surface area (Å²) in [6.07, 6.45) is 1.26. The monoisotopic (exact) mass is 598 g/mol. The normalized spacial score (nSPS) is 14.3. The molecule has 192 valence electrons. The molecule has 0 aliphatic carbocycles. The predicted molar refractivity (Wildman–Crippen MR) is 142 cm³/mol. The van der Waals surface area contributed by atoms with E-state index >= 15 is 0 Å². The van der Waals surface area contributed by atoms with Gasteiger partial charge in [-0.15, -0.1) is 0 Å². The molecule has 0 bridgehead atoms. The van der Waals surface area contributed by atoms with Crippen molar-refractivity contribution in [2.24, 2.45) is 0 Å². The van der Waals surface area contributed by atoms with Gasteiger partial charge >= 0.3 is 6.03 Å². The number of hydrogen-bond donors (Lipinski definition) is 2. The maximum absolute atomic E-state index is 13.1. The van der Waals surface area contributed by atoms with Crippen LogP contribution in [0.15, 0.2) is 76.8 Å². The molecule has 13 heteroatoms. The molecule has 4 rings (SSSR count). The molecule has 0 atom stereocenters. The number of urea groups is 1. The van der Waals surface area contributed by atoms with Crippen LogP contribution in [-0.2, 0) is 14.4 Å². The molecule has 0 saturated carbocycles. The third-order valence-electron chi connectivity index (χ3n) is 5.17. The molecule has 0 spiro atoms. The summed E-state index contributed by atoms with van der Waals surface area (Å²) >= 11 is 9.36. The van der Waals surface area contributed by atoms with E-state index in [9.17, 15) is 29.3 Å². The van der Waals surface area contributed by atoms with Crippen LogP contribution in [-0.4, -0.2) is 35.3 Å². The second-order valence-corrected chi connectivity index (χ2v) is 9.00. The number of ether oxygens (including phenoxy) is 1. The van der Waals surface area contributed by atoms with Gasteiger partial charge in [0.25, 0.3) is 23.4 Å². The van der Waals surface area contributed by atoms with Gasteiger partial charge in [0.05, 0.1) is 25.8 Å². The standard InChI is InChI=1S/C25H16BrClN4O7/c26-18-11-14(8-9-21(18)38-13-22(32)28-20-7-2-1-6-19(20)27)10-17-23(33)29-25(35)30(24(17)34)15-4-3-5-16(12-15)31(36)37/h1-12H,13H2,(H,28,32)(H,29,33,35)/b17-10-. The van der Waals surface area contributed by atoms with Crippen LogP contribution >= 0.6 is 27.5 Å². The Balaban J connectivity index is 1.50. The second kappa shape index (κ2) is 11.2. The lowest BCUT2D eigenvalue weighted by Crippen LogP contribution is -2.54. The fourth-order valence-corrected chi connectivity index (χ4v) is 4.11. The maximum atomic E-state index is 13.1. The van der Waals surface area contributed by atoms with Crippen molar-refractivity contribution in [3.05, 3.63) is 97.5 Å². The fourth-order valence-electron chi connectivity index (χ4n) is 3.42. The lowest BCUT2D eigenvalue weighted by molar-refractivity contribution is -0.384. The van der Waals surface area contributed by atoms with E-state index in [1.165, 1.54) is 36.4 Å². The topological polar surface area (TPSA) is 148 Å². The lowest BCUT2D eigenvalue weighted by atomic mass is 10.1. The number of nitro benzene ring substituents is 1. The summed E-state index contributed by atoms with van der Waals surface area (Å²) in [6.45, 7) is -0.314. The average molecular weight is 600 g/mol. The molecular formula is C25H16BrClN4O7. The van der Waals surface area contributed by atoms with E-state index in [-0.39, 0.29) is 23.6 Å². The van der Waals surface area contributed by atoms with Crippen LogP contribution in [0.5, 0.6) is 5.75 Å². The fraction of sp³-hybridized carbons (Fsp3) is 0.0400. The number of hydrogen-bond acceptors (Lipinski definition) is 7. The van der Waals surface area contributed by atoms with Gasteiger partial charge in [0.2, 0.25) is 0 Å². The summed E-state index contributed by atoms with van der Waals surface area (Å²) in [5.74, 6) is -2.00. The Kier molecular flexibility index (Phi) is 7.84. The van der Waals surface area contributed by atoms with E-state index in [1.807, 2.05) is 0 Å². The Morgan fingerprint density at radius 1 is 1.11 bits per heavy atom. The van der Waals surface area contributed by atoms with Crippen LogP contribution in [0.3, 0.4) is 0 Å². The molecule has 1 saturated heterocycles. The Morgan fingerprint density at radius 2 is 1.87 bits per heavy atom. The first-order valence-corrected chi connectivity index (χ1v) is 11.9. The van der Waals surface area contributed by atoms with Crippen molar-refractivity contribution in [3.8, 4) is 5.75 Å². The van der Waals surface area contributed by atoms with Gasteiger partial charge in [-0.25, -0.2) is 9.69 Å². The summed E-state index contributed by atoms with van der Waals surface area (Å²) in [5, 5.41) is 16.2. The number of anilines is 2. The molecule has 1 aliphatic rings. The van der Waals surface area contributed by atoms with Gasteiger partial charge in [-0.1, -0.05) is 35.9 Å². The summed E-state index contributed by atoms with van der Waals surface area (Å²) in [7, 11) is 0. The zero-order valence-electron chi connectivity index (χ0n) is 19.1. The molecule has 1 heterocycles. The molecular weight excluding hydrogens is 584 g/mol. The minimum Gasteiger partial charge on any atom is -0.483 e. The third kappa shape index (κ3) is 5.88. The van der Waals surface area contributed by atoms with Gasteiger partial charge in [0, 0.05) is 12.1 Å². The van der Waals surface area contributed by atoms with Crippen LogP contribution in [0, 0.1) is 10.1 Å². The van der Waals surface area contributed by atoms with E-state index in [0.29, 0.717) is 31.4 Å². The Bertz CT molecular complexity index is 1530. The van der Waals surface area contributed by atoms with Crippen LogP contribution < -0.4 is 20.3 Å². The van der Waals surface area contributed by atoms with Crippen LogP contribution in [0.4, 0.5) is 21.9 Å². The zero-order chi connectivity index (χ0) is 27.4. The number of benzene rings is 3. The highest BCUT2D eigenvalue weighted by Gasteiger charge is 2.37. The van der Waals surface area contributed by atoms with Gasteiger partial charge in [-0.05, 0) is 57.9 Å². The summed E-state index contributed by atoms with van der Waals surface area (Å²) in [5.41, 5.74) is 0.0786. The maximum Gasteiger partial charge on any atom is 0.335 e. The highest BCUT2D eigenvalue weighted by molar-refractivity contribution is 9.10. The van der Waals surface area contributed by atoms with Crippen LogP contribution in [0.25, 0.3) is 6.08 Å². The molecule has 3 aromatic rings. The number of halogens is 2. The van der Waals surface area contributed by atoms with Crippen LogP contribution in [0.2, 0.25) is 5.02 Å². The quantitative estimate of drug-likeness (QED) is 0.173. The molecule has 0 radical (unpaired) electrons. The van der Waals surface area contributed by atoms with E-state index in [1.54, 1.807) is 30.3 Å². The molecule has 38 heavy (non-hydrogen) atoms. The Labute approximate surface area is 228 Å². The smallest absolute Gasteiger partial charge is 0.335 e. The number of non-ortho nitro benzene ring substituents is 1. The van der Waals surface area contributed by atoms with Gasteiger partial charge in [0.1, 0.15) is 11.3 Å². The van der Waals surface area contributed by atoms with Crippen molar-refractivity contribution in [1.29, 1.82) is 0 Å². The zero-order valence-corrected chi connectivity index (χ0v) is 21.5.